The van der Waals surface area contributed by atoms with Gasteiger partial charge in [-0.25, -0.2) is 14.4 Å². The minimum atomic E-state index is -4.26. The van der Waals surface area contributed by atoms with Crippen LogP contribution >= 0.6 is 11.3 Å². The molecule has 2 heterocycles. The van der Waals surface area contributed by atoms with Gasteiger partial charge in [0.15, 0.2) is 11.6 Å². The molecule has 6 nitrogen and oxygen atoms in total. The Bertz CT molecular complexity index is 1120. The van der Waals surface area contributed by atoms with Crippen LogP contribution in [0.3, 0.4) is 0 Å². The molecule has 184 valence electrons. The first-order chi connectivity index (χ1) is 16.2. The van der Waals surface area contributed by atoms with Gasteiger partial charge in [0.1, 0.15) is 23.6 Å². The van der Waals surface area contributed by atoms with Crippen molar-refractivity contribution in [2.24, 2.45) is 0 Å². The number of halogens is 4. The van der Waals surface area contributed by atoms with Gasteiger partial charge in [0, 0.05) is 30.6 Å². The second-order valence-electron chi connectivity index (χ2n) is 8.41. The number of thiophene rings is 1. The maximum absolute atomic E-state index is 14.1. The molecule has 0 spiro atoms. The zero-order chi connectivity index (χ0) is 24.3. The lowest BCUT2D eigenvalue weighted by molar-refractivity contribution is -0.126. The molecule has 0 bridgehead atoms. The van der Waals surface area contributed by atoms with Gasteiger partial charge in [0.05, 0.1) is 18.4 Å². The number of rotatable bonds is 9. The molecule has 1 aliphatic rings. The number of anilines is 1. The number of nitrogens with one attached hydrogen (secondary N) is 1. The molecule has 34 heavy (non-hydrogen) atoms. The van der Waals surface area contributed by atoms with Crippen molar-refractivity contribution in [1.29, 1.82) is 0 Å². The van der Waals surface area contributed by atoms with E-state index < -0.39 is 18.4 Å². The Morgan fingerprint density at radius 1 is 1.24 bits per heavy atom. The van der Waals surface area contributed by atoms with E-state index in [0.717, 1.165) is 36.2 Å². The van der Waals surface area contributed by atoms with Crippen molar-refractivity contribution in [1.82, 2.24) is 15.3 Å². The quantitative estimate of drug-likeness (QED) is 0.425. The molecule has 4 rings (SSSR count). The molecule has 2 aromatic heterocycles. The minimum absolute atomic E-state index is 0.0408. The number of hydrogen-bond donors (Lipinski definition) is 2. The van der Waals surface area contributed by atoms with Gasteiger partial charge in [-0.15, -0.1) is 11.3 Å². The lowest BCUT2D eigenvalue weighted by Crippen LogP contribution is -2.33. The van der Waals surface area contributed by atoms with Crippen LogP contribution in [0.1, 0.15) is 29.7 Å². The van der Waals surface area contributed by atoms with Crippen LogP contribution < -0.4 is 15.0 Å². The third-order valence-electron chi connectivity index (χ3n) is 5.96. The predicted molar refractivity (Wildman–Crippen MR) is 123 cm³/mol. The monoisotopic (exact) mass is 498 g/mol. The van der Waals surface area contributed by atoms with Gasteiger partial charge in [0.25, 0.3) is 0 Å². The standard InChI is InChI=1S/C23H26F4N4O2S/c1-31(21-18-10-17(11-23(25,26)27)34-22(18)30-13-29-21)16-4-3-15(9-16)28-12-14-2-5-20(19(24)8-14)33-7-6-32/h2,5,8,10,13,15-16,28,32H,3-4,6-7,9,11-12H2,1H3/t15-,16+/m0/s1. The summed E-state index contributed by atoms with van der Waals surface area (Å²) in [5.41, 5.74) is 0.790. The van der Waals surface area contributed by atoms with E-state index in [9.17, 15) is 17.6 Å². The van der Waals surface area contributed by atoms with Gasteiger partial charge in [-0.05, 0) is 43.0 Å². The molecule has 1 saturated carbocycles. The number of hydrogen-bond acceptors (Lipinski definition) is 7. The molecule has 2 atom stereocenters. The van der Waals surface area contributed by atoms with Crippen LogP contribution in [0.4, 0.5) is 23.4 Å². The summed E-state index contributed by atoms with van der Waals surface area (Å²) in [7, 11) is 1.91. The summed E-state index contributed by atoms with van der Waals surface area (Å²) in [6.07, 6.45) is -1.17. The van der Waals surface area contributed by atoms with Gasteiger partial charge in [-0.1, -0.05) is 6.07 Å². The van der Waals surface area contributed by atoms with E-state index in [1.54, 1.807) is 18.2 Å². The number of benzene rings is 1. The average Bonchev–Trinajstić information content (AvgIpc) is 3.41. The number of aliphatic hydroxyl groups excluding tert-OH is 1. The van der Waals surface area contributed by atoms with E-state index in [1.807, 2.05) is 11.9 Å². The van der Waals surface area contributed by atoms with Crippen molar-refractivity contribution >= 4 is 27.4 Å². The number of ether oxygens (including phenoxy) is 1. The number of fused-ring (bicyclic) bond motifs is 1. The molecule has 11 heteroatoms. The highest BCUT2D eigenvalue weighted by atomic mass is 32.1. The summed E-state index contributed by atoms with van der Waals surface area (Å²) in [5, 5.41) is 12.9. The summed E-state index contributed by atoms with van der Waals surface area (Å²) >= 11 is 1.05. The number of alkyl halides is 3. The van der Waals surface area contributed by atoms with Crippen LogP contribution in [0.2, 0.25) is 0 Å². The largest absolute Gasteiger partial charge is 0.488 e. The van der Waals surface area contributed by atoms with Crippen molar-refractivity contribution < 1.29 is 27.4 Å². The lowest BCUT2D eigenvalue weighted by Gasteiger charge is -2.26. The predicted octanol–water partition coefficient (Wildman–Crippen LogP) is 4.45. The molecule has 0 aliphatic heterocycles. The first-order valence-electron chi connectivity index (χ1n) is 11.0. The Labute approximate surface area is 198 Å². The van der Waals surface area contributed by atoms with Crippen LogP contribution in [0, 0.1) is 5.82 Å². The third-order valence-corrected chi connectivity index (χ3v) is 7.00. The molecule has 2 N–H and O–H groups in total. The molecule has 0 amide bonds. The van der Waals surface area contributed by atoms with Crippen LogP contribution in [-0.4, -0.2) is 53.6 Å². The topological polar surface area (TPSA) is 70.5 Å². The fraction of sp³-hybridized carbons (Fsp3) is 0.478. The Hall–Kier alpha value is -2.50. The summed E-state index contributed by atoms with van der Waals surface area (Å²) in [5.74, 6) is 0.287. The summed E-state index contributed by atoms with van der Waals surface area (Å²) in [4.78, 5) is 11.3. The number of aromatic nitrogens is 2. The van der Waals surface area contributed by atoms with Gasteiger partial charge in [0.2, 0.25) is 0 Å². The van der Waals surface area contributed by atoms with Gasteiger partial charge in [-0.2, -0.15) is 13.2 Å². The molecule has 0 saturated heterocycles. The van der Waals surface area contributed by atoms with Crippen LogP contribution in [0.5, 0.6) is 5.75 Å². The molecule has 0 unspecified atom stereocenters. The van der Waals surface area contributed by atoms with Crippen LogP contribution in [0.15, 0.2) is 30.6 Å². The zero-order valence-electron chi connectivity index (χ0n) is 18.6. The first kappa shape index (κ1) is 24.6. The van der Waals surface area contributed by atoms with Gasteiger partial charge >= 0.3 is 6.18 Å². The molecule has 3 aromatic rings. The Balaban J connectivity index is 1.37. The summed E-state index contributed by atoms with van der Waals surface area (Å²) in [6.45, 7) is 0.363. The van der Waals surface area contributed by atoms with Gasteiger partial charge in [-0.3, -0.25) is 0 Å². The number of aliphatic hydroxyl groups is 1. The van der Waals surface area contributed by atoms with E-state index in [-0.39, 0.29) is 35.9 Å². The summed E-state index contributed by atoms with van der Waals surface area (Å²) < 4.78 is 57.7. The van der Waals surface area contributed by atoms with Crippen LogP contribution in [-0.2, 0) is 13.0 Å². The lowest BCUT2D eigenvalue weighted by atomic mass is 10.1. The average molecular weight is 499 g/mol. The normalized spacial score (nSPS) is 18.5. The van der Waals surface area contributed by atoms with Crippen molar-refractivity contribution in [3.8, 4) is 5.75 Å². The van der Waals surface area contributed by atoms with Crippen molar-refractivity contribution in [3.05, 3.63) is 46.9 Å². The highest BCUT2D eigenvalue weighted by Gasteiger charge is 2.31. The maximum Gasteiger partial charge on any atom is 0.393 e. The molecule has 0 radical (unpaired) electrons. The molecular formula is C23H26F4N4O2S. The Morgan fingerprint density at radius 3 is 2.79 bits per heavy atom. The first-order valence-corrected chi connectivity index (χ1v) is 11.8. The number of nitrogens with zero attached hydrogens (tertiary/aromatic N) is 3. The molecule has 1 aliphatic carbocycles. The summed E-state index contributed by atoms with van der Waals surface area (Å²) in [6, 6.07) is 6.71. The fourth-order valence-corrected chi connectivity index (χ4v) is 5.34. The Kier molecular flexibility index (Phi) is 7.54. The Morgan fingerprint density at radius 2 is 2.06 bits per heavy atom. The molecule has 1 aromatic carbocycles. The second-order valence-corrected chi connectivity index (χ2v) is 9.53. The second kappa shape index (κ2) is 10.4. The molecule has 1 fully saturated rings. The van der Waals surface area contributed by atoms with E-state index in [2.05, 4.69) is 15.3 Å². The third kappa shape index (κ3) is 5.94. The maximum atomic E-state index is 14.1. The highest BCUT2D eigenvalue weighted by molar-refractivity contribution is 7.18. The fourth-order valence-electron chi connectivity index (χ4n) is 4.32. The molecular weight excluding hydrogens is 472 g/mol. The zero-order valence-corrected chi connectivity index (χ0v) is 19.4. The highest BCUT2D eigenvalue weighted by Crippen LogP contribution is 2.35. The van der Waals surface area contributed by atoms with E-state index in [4.69, 9.17) is 9.84 Å². The van der Waals surface area contributed by atoms with Crippen molar-refractivity contribution in [2.75, 3.05) is 25.2 Å². The SMILES string of the molecule is CN(c1ncnc2sc(CC(F)(F)F)cc12)[C@@H]1CC[C@H](NCc2ccc(OCCO)c(F)c2)C1. The van der Waals surface area contributed by atoms with Crippen molar-refractivity contribution in [3.63, 3.8) is 0 Å². The van der Waals surface area contributed by atoms with Crippen LogP contribution in [0.25, 0.3) is 10.2 Å². The van der Waals surface area contributed by atoms with Crippen molar-refractivity contribution in [2.45, 2.75) is 50.5 Å². The smallest absolute Gasteiger partial charge is 0.393 e. The van der Waals surface area contributed by atoms with E-state index in [0.29, 0.717) is 22.6 Å². The minimum Gasteiger partial charge on any atom is -0.488 e. The van der Waals surface area contributed by atoms with E-state index >= 15 is 0 Å². The van der Waals surface area contributed by atoms with E-state index in [1.165, 1.54) is 12.4 Å². The van der Waals surface area contributed by atoms with Gasteiger partial charge < -0.3 is 20.1 Å².